The van der Waals surface area contributed by atoms with E-state index < -0.39 is 16.1 Å². The highest BCUT2D eigenvalue weighted by Crippen LogP contribution is 2.31. The van der Waals surface area contributed by atoms with Crippen LogP contribution in [0.1, 0.15) is 25.7 Å². The molecular formula is C22H28N2O6S. The Bertz CT molecular complexity index is 1010. The lowest BCUT2D eigenvalue weighted by atomic mass is 10.0. The molecule has 0 spiro atoms. The largest absolute Gasteiger partial charge is 0.497 e. The van der Waals surface area contributed by atoms with Crippen molar-refractivity contribution in [2.45, 2.75) is 36.6 Å². The smallest absolute Gasteiger partial charge is 0.243 e. The topological polar surface area (TPSA) is 94.2 Å². The zero-order valence-electron chi connectivity index (χ0n) is 18.0. The van der Waals surface area contributed by atoms with Gasteiger partial charge in [-0.1, -0.05) is 6.42 Å². The van der Waals surface area contributed by atoms with Crippen LogP contribution in [-0.2, 0) is 14.8 Å². The van der Waals surface area contributed by atoms with E-state index in [9.17, 15) is 13.2 Å². The van der Waals surface area contributed by atoms with Gasteiger partial charge in [-0.2, -0.15) is 4.31 Å². The molecule has 1 amide bonds. The van der Waals surface area contributed by atoms with Crippen molar-refractivity contribution in [2.75, 3.05) is 33.2 Å². The average molecular weight is 449 g/mol. The van der Waals surface area contributed by atoms with Crippen LogP contribution in [0, 0.1) is 0 Å². The molecule has 9 heteroatoms. The van der Waals surface area contributed by atoms with E-state index in [1.807, 2.05) is 0 Å². The van der Waals surface area contributed by atoms with Gasteiger partial charge < -0.3 is 19.5 Å². The number of carbonyl (C=O) groups excluding carboxylic acids is 1. The molecule has 1 aliphatic rings. The number of ether oxygens (including phenoxy) is 3. The molecule has 1 N–H and O–H groups in total. The fourth-order valence-electron chi connectivity index (χ4n) is 3.70. The minimum atomic E-state index is -3.73. The molecule has 168 valence electrons. The highest BCUT2D eigenvalue weighted by atomic mass is 32.2. The Morgan fingerprint density at radius 2 is 1.68 bits per heavy atom. The Hall–Kier alpha value is -2.78. The van der Waals surface area contributed by atoms with Gasteiger partial charge in [-0.3, -0.25) is 4.79 Å². The summed E-state index contributed by atoms with van der Waals surface area (Å²) in [5.74, 6) is 1.38. The highest BCUT2D eigenvalue weighted by Gasteiger charge is 2.34. The molecular weight excluding hydrogens is 420 g/mol. The molecule has 2 aromatic carbocycles. The average Bonchev–Trinajstić information content (AvgIpc) is 2.79. The van der Waals surface area contributed by atoms with Crippen LogP contribution in [-0.4, -0.2) is 52.5 Å². The molecule has 1 aliphatic heterocycles. The number of nitrogens with zero attached hydrogens (tertiary/aromatic N) is 1. The second-order valence-corrected chi connectivity index (χ2v) is 9.15. The number of amides is 1. The zero-order chi connectivity index (χ0) is 22.4. The van der Waals surface area contributed by atoms with Crippen LogP contribution in [0.4, 0.5) is 5.69 Å². The van der Waals surface area contributed by atoms with Gasteiger partial charge in [-0.25, -0.2) is 8.42 Å². The van der Waals surface area contributed by atoms with E-state index in [-0.39, 0.29) is 17.2 Å². The van der Waals surface area contributed by atoms with E-state index in [4.69, 9.17) is 14.2 Å². The van der Waals surface area contributed by atoms with E-state index >= 15 is 0 Å². The van der Waals surface area contributed by atoms with Crippen molar-refractivity contribution in [2.24, 2.45) is 0 Å². The number of hydrogen-bond donors (Lipinski definition) is 1. The van der Waals surface area contributed by atoms with Crippen molar-refractivity contribution in [3.05, 3.63) is 42.5 Å². The van der Waals surface area contributed by atoms with Crippen LogP contribution in [0.25, 0.3) is 0 Å². The van der Waals surface area contributed by atoms with Gasteiger partial charge in [-0.15, -0.1) is 0 Å². The number of nitrogens with one attached hydrogen (secondary N) is 1. The fraction of sp³-hybridized carbons (Fsp3) is 0.409. The summed E-state index contributed by atoms with van der Waals surface area (Å²) in [7, 11) is 0.857. The SMILES string of the molecule is COc1ccc(S(=O)(=O)N2CCCC[C@H]2CC(=O)Nc2cc(OC)ccc2OC)cc1. The number of carbonyl (C=O) groups is 1. The molecule has 0 radical (unpaired) electrons. The Balaban J connectivity index is 1.77. The van der Waals surface area contributed by atoms with Crippen molar-refractivity contribution < 1.29 is 27.4 Å². The Morgan fingerprint density at radius 3 is 2.32 bits per heavy atom. The summed E-state index contributed by atoms with van der Waals surface area (Å²) in [5.41, 5.74) is 0.479. The maximum Gasteiger partial charge on any atom is 0.243 e. The quantitative estimate of drug-likeness (QED) is 0.666. The van der Waals surface area contributed by atoms with Crippen molar-refractivity contribution in [1.82, 2.24) is 4.31 Å². The van der Waals surface area contributed by atoms with Gasteiger partial charge in [0.15, 0.2) is 0 Å². The predicted molar refractivity (Wildman–Crippen MR) is 117 cm³/mol. The Kier molecular flexibility index (Phi) is 7.40. The normalized spacial score (nSPS) is 17.1. The first-order chi connectivity index (χ1) is 14.9. The summed E-state index contributed by atoms with van der Waals surface area (Å²) in [6, 6.07) is 11.0. The second kappa shape index (κ2) is 10.0. The number of methoxy groups -OCH3 is 3. The van der Waals surface area contributed by atoms with Crippen LogP contribution >= 0.6 is 0 Å². The van der Waals surface area contributed by atoms with E-state index in [0.29, 0.717) is 35.9 Å². The van der Waals surface area contributed by atoms with Gasteiger partial charge in [0, 0.05) is 25.1 Å². The van der Waals surface area contributed by atoms with Crippen LogP contribution in [0.2, 0.25) is 0 Å². The van der Waals surface area contributed by atoms with E-state index in [1.165, 1.54) is 37.8 Å². The minimum absolute atomic E-state index is 0.0513. The lowest BCUT2D eigenvalue weighted by Crippen LogP contribution is -2.45. The lowest BCUT2D eigenvalue weighted by molar-refractivity contribution is -0.117. The molecule has 1 heterocycles. The van der Waals surface area contributed by atoms with Gasteiger partial charge in [0.05, 0.1) is 31.9 Å². The van der Waals surface area contributed by atoms with E-state index in [2.05, 4.69) is 5.32 Å². The maximum absolute atomic E-state index is 13.2. The molecule has 0 aromatic heterocycles. The van der Waals surface area contributed by atoms with Crippen molar-refractivity contribution in [3.63, 3.8) is 0 Å². The third-order valence-corrected chi connectivity index (χ3v) is 7.31. The molecule has 0 unspecified atom stereocenters. The molecule has 0 aliphatic carbocycles. The first-order valence-corrected chi connectivity index (χ1v) is 11.5. The second-order valence-electron chi connectivity index (χ2n) is 7.26. The summed E-state index contributed by atoms with van der Waals surface area (Å²) in [6.07, 6.45) is 2.31. The van der Waals surface area contributed by atoms with Crippen LogP contribution in [0.15, 0.2) is 47.4 Å². The van der Waals surface area contributed by atoms with E-state index in [0.717, 1.165) is 12.8 Å². The zero-order valence-corrected chi connectivity index (χ0v) is 18.8. The van der Waals surface area contributed by atoms with Gasteiger partial charge in [-0.05, 0) is 49.2 Å². The monoisotopic (exact) mass is 448 g/mol. The lowest BCUT2D eigenvalue weighted by Gasteiger charge is -2.34. The van der Waals surface area contributed by atoms with Crippen LogP contribution in [0.3, 0.4) is 0 Å². The van der Waals surface area contributed by atoms with Crippen LogP contribution < -0.4 is 19.5 Å². The van der Waals surface area contributed by atoms with Crippen molar-refractivity contribution in [1.29, 1.82) is 0 Å². The number of rotatable bonds is 8. The van der Waals surface area contributed by atoms with Gasteiger partial charge >= 0.3 is 0 Å². The predicted octanol–water partition coefficient (Wildman–Crippen LogP) is 3.28. The highest BCUT2D eigenvalue weighted by molar-refractivity contribution is 7.89. The number of anilines is 1. The molecule has 1 saturated heterocycles. The standard InChI is InChI=1S/C22H28N2O6S/c1-28-17-7-10-19(11-8-17)31(26,27)24-13-5-4-6-16(24)14-22(25)23-20-15-18(29-2)9-12-21(20)30-3/h7-12,15-16H,4-6,13-14H2,1-3H3,(H,23,25)/t16-/m0/s1. The summed E-state index contributed by atoms with van der Waals surface area (Å²) in [6.45, 7) is 0.384. The van der Waals surface area contributed by atoms with Gasteiger partial charge in [0.25, 0.3) is 0 Å². The molecule has 1 fully saturated rings. The first kappa shape index (κ1) is 22.9. The molecule has 31 heavy (non-hydrogen) atoms. The number of hydrogen-bond acceptors (Lipinski definition) is 6. The van der Waals surface area contributed by atoms with Crippen molar-refractivity contribution >= 4 is 21.6 Å². The van der Waals surface area contributed by atoms with Crippen molar-refractivity contribution in [3.8, 4) is 17.2 Å². The molecule has 0 saturated carbocycles. The maximum atomic E-state index is 13.2. The Labute approximate surface area is 183 Å². The molecule has 8 nitrogen and oxygen atoms in total. The fourth-order valence-corrected chi connectivity index (χ4v) is 5.40. The summed E-state index contributed by atoms with van der Waals surface area (Å²) in [4.78, 5) is 13.0. The number of sulfonamides is 1. The third-order valence-electron chi connectivity index (χ3n) is 5.34. The summed E-state index contributed by atoms with van der Waals surface area (Å²) >= 11 is 0. The molecule has 3 rings (SSSR count). The number of piperidine rings is 1. The number of benzene rings is 2. The Morgan fingerprint density at radius 1 is 1.00 bits per heavy atom. The molecule has 1 atom stereocenters. The van der Waals surface area contributed by atoms with Gasteiger partial charge in [0.1, 0.15) is 17.2 Å². The molecule has 2 aromatic rings. The van der Waals surface area contributed by atoms with E-state index in [1.54, 1.807) is 30.3 Å². The molecule has 0 bridgehead atoms. The van der Waals surface area contributed by atoms with Crippen LogP contribution in [0.5, 0.6) is 17.2 Å². The minimum Gasteiger partial charge on any atom is -0.497 e. The third kappa shape index (κ3) is 5.29. The summed E-state index contributed by atoms with van der Waals surface area (Å²) < 4.78 is 43.5. The summed E-state index contributed by atoms with van der Waals surface area (Å²) in [5, 5.41) is 2.83. The first-order valence-electron chi connectivity index (χ1n) is 10.1. The van der Waals surface area contributed by atoms with Gasteiger partial charge in [0.2, 0.25) is 15.9 Å².